The van der Waals surface area contributed by atoms with Gasteiger partial charge >= 0.3 is 13.6 Å². The van der Waals surface area contributed by atoms with Gasteiger partial charge in [0.25, 0.3) is 0 Å². The maximum Gasteiger partial charge on any atom is 0.331 e. The second-order valence-corrected chi connectivity index (χ2v) is 7.57. The van der Waals surface area contributed by atoms with E-state index in [-0.39, 0.29) is 18.7 Å². The summed E-state index contributed by atoms with van der Waals surface area (Å²) < 4.78 is 16.3. The third-order valence-electron chi connectivity index (χ3n) is 3.79. The van der Waals surface area contributed by atoms with E-state index < -0.39 is 25.8 Å². The van der Waals surface area contributed by atoms with Crippen LogP contribution in [0.4, 0.5) is 0 Å². The molecule has 1 atom stereocenters. The molecule has 9 heteroatoms. The van der Waals surface area contributed by atoms with E-state index in [1.807, 2.05) is 26.0 Å². The average Bonchev–Trinajstić information content (AvgIpc) is 2.48. The van der Waals surface area contributed by atoms with Crippen LogP contribution in [-0.2, 0) is 26.7 Å². The number of aryl methyl sites for hydroxylation is 2. The zero-order valence-electron chi connectivity index (χ0n) is 14.4. The van der Waals surface area contributed by atoms with Crippen LogP contribution in [0, 0.1) is 13.8 Å². The number of hydrogen-bond donors (Lipinski definition) is 3. The normalized spacial score (nSPS) is 13.0. The Bertz CT molecular complexity index is 849. The van der Waals surface area contributed by atoms with Gasteiger partial charge in [-0.25, -0.2) is 9.97 Å². The number of hydrogen-bond acceptors (Lipinski definition) is 6. The number of benzene rings is 1. The van der Waals surface area contributed by atoms with Crippen LogP contribution >= 0.6 is 7.60 Å². The fourth-order valence-electron chi connectivity index (χ4n) is 2.41. The van der Waals surface area contributed by atoms with Crippen molar-refractivity contribution in [2.45, 2.75) is 39.4 Å². The number of rotatable bonds is 6. The Kier molecular flexibility index (Phi) is 5.90. The zero-order chi connectivity index (χ0) is 18.8. The first-order valence-corrected chi connectivity index (χ1v) is 9.64. The molecule has 0 saturated heterocycles. The number of carbonyl (C=O) groups is 1. The maximum absolute atomic E-state index is 11.8. The average molecular weight is 367 g/mol. The number of aromatic nitrogens is 2. The summed E-state index contributed by atoms with van der Waals surface area (Å²) >= 11 is 0. The Morgan fingerprint density at radius 3 is 2.20 bits per heavy atom. The highest BCUT2D eigenvalue weighted by Crippen LogP contribution is 2.39. The highest BCUT2D eigenvalue weighted by molar-refractivity contribution is 7.50. The fraction of sp³-hybridized carbons (Fsp3) is 0.438. The van der Waals surface area contributed by atoms with Crippen molar-refractivity contribution in [3.63, 3.8) is 0 Å². The van der Waals surface area contributed by atoms with E-state index in [4.69, 9.17) is 10.5 Å². The predicted octanol–water partition coefficient (Wildman–Crippen LogP) is 1.36. The quantitative estimate of drug-likeness (QED) is 0.514. The first-order chi connectivity index (χ1) is 11.6. The Morgan fingerprint density at radius 1 is 1.20 bits per heavy atom. The molecule has 2 rings (SSSR count). The molecule has 1 aromatic carbocycles. The highest BCUT2D eigenvalue weighted by atomic mass is 31.2. The molecule has 0 radical (unpaired) electrons. The van der Waals surface area contributed by atoms with E-state index in [1.54, 1.807) is 6.92 Å². The Balaban J connectivity index is 2.50. The molecular formula is C16H22N3O5P. The number of fused-ring (bicyclic) bond motifs is 1. The summed E-state index contributed by atoms with van der Waals surface area (Å²) in [5, 5.41) is 0. The molecule has 25 heavy (non-hydrogen) atoms. The van der Waals surface area contributed by atoms with E-state index in [9.17, 15) is 19.1 Å². The first kappa shape index (κ1) is 19.5. The van der Waals surface area contributed by atoms with Crippen LogP contribution in [0.3, 0.4) is 0 Å². The summed E-state index contributed by atoms with van der Waals surface area (Å²) in [5.74, 6) is -0.591. The van der Waals surface area contributed by atoms with Gasteiger partial charge in [-0.1, -0.05) is 0 Å². The standard InChI is InChI=1S/C16H22N3O5P/c1-4-24-16(20)11(17)7-14-15(8-25(21,22)23)19-13-6-10(3)9(2)5-12(13)18-14/h5-6,11H,4,7-8,17H2,1-3H3,(H2,21,22,23). The lowest BCUT2D eigenvalue weighted by molar-refractivity contribution is -0.144. The summed E-state index contributed by atoms with van der Waals surface area (Å²) in [4.78, 5) is 39.2. The van der Waals surface area contributed by atoms with Crippen molar-refractivity contribution >= 4 is 24.6 Å². The number of nitrogens with two attached hydrogens (primary N) is 1. The van der Waals surface area contributed by atoms with Gasteiger partial charge in [-0.2, -0.15) is 0 Å². The third kappa shape index (κ3) is 5.06. The van der Waals surface area contributed by atoms with Crippen molar-refractivity contribution in [2.75, 3.05) is 6.61 Å². The minimum atomic E-state index is -4.35. The lowest BCUT2D eigenvalue weighted by Crippen LogP contribution is -2.35. The second-order valence-electron chi connectivity index (χ2n) is 5.93. The molecule has 1 unspecified atom stereocenters. The monoisotopic (exact) mass is 367 g/mol. The van der Waals surface area contributed by atoms with Gasteiger partial charge in [-0.15, -0.1) is 0 Å². The number of nitrogens with zero attached hydrogens (tertiary/aromatic N) is 2. The molecule has 0 amide bonds. The van der Waals surface area contributed by atoms with Gasteiger partial charge in [-0.3, -0.25) is 9.36 Å². The summed E-state index contributed by atoms with van der Waals surface area (Å²) in [7, 11) is -4.35. The Hall–Kier alpha value is -1.86. The lowest BCUT2D eigenvalue weighted by atomic mass is 10.1. The SMILES string of the molecule is CCOC(=O)C(N)Cc1nc2cc(C)c(C)cc2nc1CP(=O)(O)O. The molecule has 0 spiro atoms. The van der Waals surface area contributed by atoms with E-state index in [0.717, 1.165) is 11.1 Å². The van der Waals surface area contributed by atoms with Gasteiger partial charge in [0.15, 0.2) is 0 Å². The predicted molar refractivity (Wildman–Crippen MR) is 93.1 cm³/mol. The van der Waals surface area contributed by atoms with Crippen LogP contribution in [0.15, 0.2) is 12.1 Å². The van der Waals surface area contributed by atoms with E-state index in [2.05, 4.69) is 9.97 Å². The summed E-state index contributed by atoms with van der Waals surface area (Å²) in [6.45, 7) is 5.72. The maximum atomic E-state index is 11.8. The lowest BCUT2D eigenvalue weighted by Gasteiger charge is -2.15. The summed E-state index contributed by atoms with van der Waals surface area (Å²) in [6, 6.07) is 2.68. The van der Waals surface area contributed by atoms with Crippen LogP contribution in [0.25, 0.3) is 11.0 Å². The molecule has 0 bridgehead atoms. The van der Waals surface area contributed by atoms with Crippen molar-refractivity contribution in [1.82, 2.24) is 9.97 Å². The zero-order valence-corrected chi connectivity index (χ0v) is 15.3. The number of ether oxygens (including phenoxy) is 1. The van der Waals surface area contributed by atoms with Crippen LogP contribution in [0.1, 0.15) is 29.4 Å². The Morgan fingerprint density at radius 2 is 1.72 bits per heavy atom. The van der Waals surface area contributed by atoms with Gasteiger partial charge in [0.2, 0.25) is 0 Å². The van der Waals surface area contributed by atoms with E-state index in [0.29, 0.717) is 16.7 Å². The van der Waals surface area contributed by atoms with Gasteiger partial charge in [0.1, 0.15) is 6.04 Å². The van der Waals surface area contributed by atoms with Crippen LogP contribution in [0.5, 0.6) is 0 Å². The molecule has 0 saturated carbocycles. The molecule has 8 nitrogen and oxygen atoms in total. The molecule has 0 aliphatic heterocycles. The van der Waals surface area contributed by atoms with Gasteiger partial charge in [-0.05, 0) is 44.0 Å². The largest absolute Gasteiger partial charge is 0.465 e. The molecule has 0 aliphatic rings. The molecular weight excluding hydrogens is 345 g/mol. The molecule has 0 aliphatic carbocycles. The summed E-state index contributed by atoms with van der Waals surface area (Å²) in [6.07, 6.45) is -0.572. The van der Waals surface area contributed by atoms with Crippen molar-refractivity contribution in [3.8, 4) is 0 Å². The fourth-order valence-corrected chi connectivity index (χ4v) is 3.05. The van der Waals surface area contributed by atoms with Crippen molar-refractivity contribution in [3.05, 3.63) is 34.6 Å². The smallest absolute Gasteiger partial charge is 0.331 e. The molecule has 1 aromatic heterocycles. The molecule has 136 valence electrons. The Labute approximate surface area is 145 Å². The minimum Gasteiger partial charge on any atom is -0.465 e. The molecule has 1 heterocycles. The van der Waals surface area contributed by atoms with Gasteiger partial charge in [0.05, 0.1) is 35.2 Å². The van der Waals surface area contributed by atoms with E-state index >= 15 is 0 Å². The van der Waals surface area contributed by atoms with Crippen molar-refractivity contribution in [1.29, 1.82) is 0 Å². The summed E-state index contributed by atoms with van der Waals surface area (Å²) in [5.41, 5.74) is 9.41. The molecule has 4 N–H and O–H groups in total. The van der Waals surface area contributed by atoms with Crippen molar-refractivity contribution < 1.29 is 23.9 Å². The second kappa shape index (κ2) is 7.58. The number of carbonyl (C=O) groups excluding carboxylic acids is 1. The van der Waals surface area contributed by atoms with Crippen LogP contribution < -0.4 is 5.73 Å². The van der Waals surface area contributed by atoms with Crippen molar-refractivity contribution in [2.24, 2.45) is 5.73 Å². The van der Waals surface area contributed by atoms with Gasteiger partial charge in [0, 0.05) is 6.42 Å². The molecule has 2 aromatic rings. The molecule has 0 fully saturated rings. The van der Waals surface area contributed by atoms with Crippen LogP contribution in [0.2, 0.25) is 0 Å². The third-order valence-corrected chi connectivity index (χ3v) is 4.50. The van der Waals surface area contributed by atoms with Crippen LogP contribution in [-0.4, -0.2) is 38.4 Å². The topological polar surface area (TPSA) is 136 Å². The van der Waals surface area contributed by atoms with E-state index in [1.165, 1.54) is 0 Å². The first-order valence-electron chi connectivity index (χ1n) is 7.84. The minimum absolute atomic E-state index is 0.00989. The van der Waals surface area contributed by atoms with Gasteiger partial charge < -0.3 is 20.3 Å². The highest BCUT2D eigenvalue weighted by Gasteiger charge is 2.24. The number of esters is 1.